The minimum Gasteiger partial charge on any atom is -0.508 e. The summed E-state index contributed by atoms with van der Waals surface area (Å²) >= 11 is 0. The fraction of sp³-hybridized carbons (Fsp3) is 0.600. The van der Waals surface area contributed by atoms with Gasteiger partial charge in [-0.05, 0) is 79.0 Å². The Hall–Kier alpha value is -1.28. The van der Waals surface area contributed by atoms with Crippen molar-refractivity contribution in [1.29, 1.82) is 0 Å². The SMILES string of the molecule is C=CC12CC[C@]3(C)[C@@H](O)CC[C@H]3C1CCc1cc(O)ccc12. The highest BCUT2D eigenvalue weighted by Gasteiger charge is 2.59. The van der Waals surface area contributed by atoms with Crippen LogP contribution < -0.4 is 0 Å². The average molecular weight is 298 g/mol. The molecule has 0 bridgehead atoms. The quantitative estimate of drug-likeness (QED) is 0.771. The van der Waals surface area contributed by atoms with Gasteiger partial charge in [0.05, 0.1) is 6.10 Å². The van der Waals surface area contributed by atoms with Crippen molar-refractivity contribution in [3.8, 4) is 5.75 Å². The van der Waals surface area contributed by atoms with Crippen LogP contribution in [0.1, 0.15) is 50.2 Å². The Bertz CT molecular complexity index is 622. The van der Waals surface area contributed by atoms with Gasteiger partial charge in [0.2, 0.25) is 0 Å². The summed E-state index contributed by atoms with van der Waals surface area (Å²) in [6.45, 7) is 6.51. The van der Waals surface area contributed by atoms with E-state index in [0.717, 1.165) is 38.5 Å². The van der Waals surface area contributed by atoms with Crippen LogP contribution in [0, 0.1) is 17.3 Å². The van der Waals surface area contributed by atoms with E-state index in [-0.39, 0.29) is 16.9 Å². The van der Waals surface area contributed by atoms with Crippen LogP contribution in [0.3, 0.4) is 0 Å². The lowest BCUT2D eigenvalue weighted by molar-refractivity contribution is -0.0388. The molecule has 4 rings (SSSR count). The van der Waals surface area contributed by atoms with Crippen molar-refractivity contribution in [3.05, 3.63) is 42.0 Å². The third-order valence-corrected chi connectivity index (χ3v) is 7.26. The number of phenols is 1. The van der Waals surface area contributed by atoms with Crippen LogP contribution in [0.25, 0.3) is 0 Å². The van der Waals surface area contributed by atoms with E-state index in [1.807, 2.05) is 12.1 Å². The second-order valence-corrected chi connectivity index (χ2v) is 7.94. The van der Waals surface area contributed by atoms with Gasteiger partial charge in [-0.15, -0.1) is 6.58 Å². The minimum atomic E-state index is -0.137. The molecule has 0 aliphatic heterocycles. The Kier molecular flexibility index (Phi) is 3.00. The highest BCUT2D eigenvalue weighted by molar-refractivity contribution is 5.46. The Morgan fingerprint density at radius 3 is 2.77 bits per heavy atom. The predicted octanol–water partition coefficient (Wildman–Crippen LogP) is 3.95. The van der Waals surface area contributed by atoms with E-state index in [4.69, 9.17) is 0 Å². The summed E-state index contributed by atoms with van der Waals surface area (Å²) < 4.78 is 0. The van der Waals surface area contributed by atoms with Gasteiger partial charge in [0.15, 0.2) is 0 Å². The van der Waals surface area contributed by atoms with E-state index in [1.54, 1.807) is 0 Å². The maximum absolute atomic E-state index is 10.5. The molecule has 2 heteroatoms. The summed E-state index contributed by atoms with van der Waals surface area (Å²) in [6, 6.07) is 5.88. The van der Waals surface area contributed by atoms with Gasteiger partial charge >= 0.3 is 0 Å². The van der Waals surface area contributed by atoms with Crippen LogP contribution in [0.2, 0.25) is 0 Å². The summed E-state index contributed by atoms with van der Waals surface area (Å²) in [5.41, 5.74) is 2.79. The molecule has 0 aromatic heterocycles. The molecule has 1 aromatic rings. The first kappa shape index (κ1) is 14.3. The van der Waals surface area contributed by atoms with Crippen LogP contribution in [0.4, 0.5) is 0 Å². The molecule has 2 N–H and O–H groups in total. The number of aryl methyl sites for hydroxylation is 1. The van der Waals surface area contributed by atoms with Crippen LogP contribution in [-0.4, -0.2) is 16.3 Å². The number of aliphatic hydroxyl groups excluding tert-OH is 1. The normalized spacial score (nSPS) is 43.1. The molecule has 3 aliphatic carbocycles. The number of benzene rings is 1. The first-order chi connectivity index (χ1) is 10.5. The maximum atomic E-state index is 10.5. The Labute approximate surface area is 132 Å². The number of fused-ring (bicyclic) bond motifs is 5. The van der Waals surface area contributed by atoms with Crippen LogP contribution >= 0.6 is 0 Å². The molecule has 0 saturated heterocycles. The number of allylic oxidation sites excluding steroid dienone is 1. The van der Waals surface area contributed by atoms with E-state index in [0.29, 0.717) is 17.6 Å². The largest absolute Gasteiger partial charge is 0.508 e. The summed E-state index contributed by atoms with van der Waals surface area (Å²) in [7, 11) is 0. The van der Waals surface area contributed by atoms with E-state index in [1.165, 1.54) is 11.1 Å². The first-order valence-corrected chi connectivity index (χ1v) is 8.65. The summed E-state index contributed by atoms with van der Waals surface area (Å²) in [4.78, 5) is 0. The number of rotatable bonds is 1. The van der Waals surface area contributed by atoms with Crippen molar-refractivity contribution < 1.29 is 10.2 Å². The molecule has 5 atom stereocenters. The van der Waals surface area contributed by atoms with Crippen LogP contribution in [0.5, 0.6) is 5.75 Å². The van der Waals surface area contributed by atoms with Gasteiger partial charge in [-0.25, -0.2) is 0 Å². The first-order valence-electron chi connectivity index (χ1n) is 8.65. The van der Waals surface area contributed by atoms with E-state index >= 15 is 0 Å². The van der Waals surface area contributed by atoms with Crippen molar-refractivity contribution in [3.63, 3.8) is 0 Å². The number of hydrogen-bond acceptors (Lipinski definition) is 2. The molecular weight excluding hydrogens is 272 g/mol. The Morgan fingerprint density at radius 1 is 1.18 bits per heavy atom. The van der Waals surface area contributed by atoms with Crippen molar-refractivity contribution in [2.45, 2.75) is 57.0 Å². The van der Waals surface area contributed by atoms with Gasteiger partial charge < -0.3 is 10.2 Å². The maximum Gasteiger partial charge on any atom is 0.115 e. The Morgan fingerprint density at radius 2 is 2.00 bits per heavy atom. The third-order valence-electron chi connectivity index (χ3n) is 7.26. The molecule has 2 fully saturated rings. The van der Waals surface area contributed by atoms with Gasteiger partial charge in [0.25, 0.3) is 0 Å². The molecule has 2 nitrogen and oxygen atoms in total. The molecule has 118 valence electrons. The van der Waals surface area contributed by atoms with Gasteiger partial charge in [-0.3, -0.25) is 0 Å². The van der Waals surface area contributed by atoms with Gasteiger partial charge in [0, 0.05) is 5.41 Å². The second kappa shape index (κ2) is 4.61. The average Bonchev–Trinajstić information content (AvgIpc) is 2.82. The number of aromatic hydroxyl groups is 1. The summed E-state index contributed by atoms with van der Waals surface area (Å²) in [5, 5.41) is 20.3. The number of aliphatic hydroxyl groups is 1. The lowest BCUT2D eigenvalue weighted by Crippen LogP contribution is -2.52. The smallest absolute Gasteiger partial charge is 0.115 e. The fourth-order valence-corrected chi connectivity index (χ4v) is 5.99. The number of hydrogen-bond donors (Lipinski definition) is 2. The highest BCUT2D eigenvalue weighted by Crippen LogP contribution is 2.63. The topological polar surface area (TPSA) is 40.5 Å². The fourth-order valence-electron chi connectivity index (χ4n) is 5.99. The zero-order valence-corrected chi connectivity index (χ0v) is 13.4. The lowest BCUT2D eigenvalue weighted by Gasteiger charge is -2.56. The minimum absolute atomic E-state index is 0.0372. The molecule has 2 unspecified atom stereocenters. The lowest BCUT2D eigenvalue weighted by atomic mass is 9.48. The van der Waals surface area contributed by atoms with Crippen LogP contribution in [-0.2, 0) is 11.8 Å². The van der Waals surface area contributed by atoms with Crippen molar-refractivity contribution in [1.82, 2.24) is 0 Å². The van der Waals surface area contributed by atoms with Crippen molar-refractivity contribution >= 4 is 0 Å². The summed E-state index contributed by atoms with van der Waals surface area (Å²) in [6.07, 6.45) is 8.46. The molecule has 0 spiro atoms. The van der Waals surface area contributed by atoms with E-state index in [2.05, 4.69) is 25.6 Å². The van der Waals surface area contributed by atoms with Crippen molar-refractivity contribution in [2.24, 2.45) is 17.3 Å². The zero-order valence-electron chi connectivity index (χ0n) is 13.4. The molecule has 0 radical (unpaired) electrons. The zero-order chi connectivity index (χ0) is 15.5. The molecule has 3 aliphatic rings. The predicted molar refractivity (Wildman–Crippen MR) is 87.9 cm³/mol. The standard InChI is InChI=1S/C20H26O2/c1-3-20-11-10-19(2)16(8-9-18(19)22)17(20)6-4-13-12-14(21)5-7-15(13)20/h3,5,7,12,16-18,21-22H,1,4,6,8-11H2,2H3/t16-,17?,18-,19-,20?/m0/s1. The van der Waals surface area contributed by atoms with E-state index in [9.17, 15) is 10.2 Å². The van der Waals surface area contributed by atoms with Gasteiger partial charge in [-0.2, -0.15) is 0 Å². The van der Waals surface area contributed by atoms with Crippen molar-refractivity contribution in [2.75, 3.05) is 0 Å². The molecule has 0 amide bonds. The molecule has 0 heterocycles. The molecular formula is C20H26O2. The highest BCUT2D eigenvalue weighted by atomic mass is 16.3. The molecule has 2 saturated carbocycles. The number of phenolic OH excluding ortho intramolecular Hbond substituents is 1. The molecule has 1 aromatic carbocycles. The molecule has 22 heavy (non-hydrogen) atoms. The third kappa shape index (κ3) is 1.65. The Balaban J connectivity index is 1.83. The monoisotopic (exact) mass is 298 g/mol. The van der Waals surface area contributed by atoms with Gasteiger partial charge in [0.1, 0.15) is 5.75 Å². The summed E-state index contributed by atoms with van der Waals surface area (Å²) in [5.74, 6) is 1.54. The van der Waals surface area contributed by atoms with Crippen LogP contribution in [0.15, 0.2) is 30.9 Å². The van der Waals surface area contributed by atoms with Gasteiger partial charge in [-0.1, -0.05) is 19.1 Å². The van der Waals surface area contributed by atoms with E-state index < -0.39 is 0 Å². The second-order valence-electron chi connectivity index (χ2n) is 7.94.